The third-order valence-corrected chi connectivity index (χ3v) is 4.63. The predicted molar refractivity (Wildman–Crippen MR) is 76.0 cm³/mol. The van der Waals surface area contributed by atoms with Crippen LogP contribution in [0.25, 0.3) is 0 Å². The van der Waals surface area contributed by atoms with Gasteiger partial charge >= 0.3 is 0 Å². The van der Waals surface area contributed by atoms with Crippen LogP contribution in [0.4, 0.5) is 0 Å². The Balaban J connectivity index is 2.31. The zero-order valence-electron chi connectivity index (χ0n) is 11.8. The molecule has 2 nitrogen and oxygen atoms in total. The Labute approximate surface area is 111 Å². The number of methoxy groups -OCH3 is 1. The molecular weight excluding hydrogens is 222 g/mol. The average molecular weight is 247 g/mol. The lowest BCUT2D eigenvalue weighted by atomic mass is 9.73. The molecule has 2 heteroatoms. The Kier molecular flexibility index (Phi) is 4.28. The molecule has 0 saturated heterocycles. The molecular formula is C16H25NO. The highest BCUT2D eigenvalue weighted by Gasteiger charge is 2.39. The first-order chi connectivity index (χ1) is 8.75. The molecule has 1 saturated carbocycles. The molecule has 0 amide bonds. The molecule has 0 radical (unpaired) electrons. The summed E-state index contributed by atoms with van der Waals surface area (Å²) in [5.74, 6) is 0.956. The minimum atomic E-state index is 0.432. The van der Waals surface area contributed by atoms with Crippen molar-refractivity contribution in [2.75, 3.05) is 14.2 Å². The maximum atomic E-state index is 5.35. The maximum Gasteiger partial charge on any atom is 0.119 e. The van der Waals surface area contributed by atoms with Crippen molar-refractivity contribution in [1.29, 1.82) is 0 Å². The van der Waals surface area contributed by atoms with Crippen molar-refractivity contribution < 1.29 is 4.74 Å². The minimum Gasteiger partial charge on any atom is -0.497 e. The van der Waals surface area contributed by atoms with E-state index in [-0.39, 0.29) is 0 Å². The summed E-state index contributed by atoms with van der Waals surface area (Å²) in [5, 5.41) is 3.55. The van der Waals surface area contributed by atoms with Crippen molar-refractivity contribution in [3.05, 3.63) is 29.8 Å². The first kappa shape index (κ1) is 13.4. The molecule has 1 atom stereocenters. The molecule has 0 spiro atoms. The number of benzene rings is 1. The van der Waals surface area contributed by atoms with Crippen LogP contribution in [0.5, 0.6) is 5.75 Å². The first-order valence-electron chi connectivity index (χ1n) is 7.07. The third-order valence-electron chi connectivity index (χ3n) is 4.63. The van der Waals surface area contributed by atoms with Crippen LogP contribution in [0.2, 0.25) is 0 Å². The average Bonchev–Trinajstić information content (AvgIpc) is 2.90. The molecule has 0 bridgehead atoms. The van der Waals surface area contributed by atoms with Gasteiger partial charge in [-0.2, -0.15) is 0 Å². The van der Waals surface area contributed by atoms with Gasteiger partial charge in [0.2, 0.25) is 0 Å². The zero-order chi connectivity index (χ0) is 13.0. The molecule has 100 valence electrons. The highest BCUT2D eigenvalue weighted by atomic mass is 16.5. The molecule has 2 rings (SSSR count). The second kappa shape index (κ2) is 5.75. The number of ether oxygens (including phenoxy) is 1. The smallest absolute Gasteiger partial charge is 0.119 e. The fourth-order valence-electron chi connectivity index (χ4n) is 3.57. The molecule has 0 aliphatic heterocycles. The lowest BCUT2D eigenvalue weighted by Crippen LogP contribution is -2.34. The third kappa shape index (κ3) is 2.39. The van der Waals surface area contributed by atoms with Gasteiger partial charge in [-0.25, -0.2) is 0 Å². The quantitative estimate of drug-likeness (QED) is 0.851. The van der Waals surface area contributed by atoms with Gasteiger partial charge in [-0.15, -0.1) is 0 Å². The van der Waals surface area contributed by atoms with Crippen molar-refractivity contribution >= 4 is 0 Å². The molecule has 1 aromatic rings. The summed E-state index contributed by atoms with van der Waals surface area (Å²) < 4.78 is 5.35. The maximum absolute atomic E-state index is 5.35. The van der Waals surface area contributed by atoms with Crippen LogP contribution in [-0.2, 0) is 0 Å². The van der Waals surface area contributed by atoms with Gasteiger partial charge < -0.3 is 10.1 Å². The summed E-state index contributed by atoms with van der Waals surface area (Å²) in [6, 6.07) is 8.96. The molecule has 0 aromatic heterocycles. The van der Waals surface area contributed by atoms with Crippen molar-refractivity contribution in [3.8, 4) is 5.75 Å². The van der Waals surface area contributed by atoms with Crippen LogP contribution < -0.4 is 10.1 Å². The normalized spacial score (nSPS) is 19.7. The van der Waals surface area contributed by atoms with E-state index in [1.165, 1.54) is 37.7 Å². The second-order valence-electron chi connectivity index (χ2n) is 5.42. The van der Waals surface area contributed by atoms with Crippen molar-refractivity contribution in [1.82, 2.24) is 5.32 Å². The Morgan fingerprint density at radius 1 is 1.33 bits per heavy atom. The minimum absolute atomic E-state index is 0.432. The van der Waals surface area contributed by atoms with Crippen molar-refractivity contribution in [3.63, 3.8) is 0 Å². The van der Waals surface area contributed by atoms with Gasteiger partial charge in [0.15, 0.2) is 0 Å². The molecule has 0 heterocycles. The SMILES string of the molecule is CCC1(C(NC)c2cccc(OC)c2)CCCC1. The number of hydrogen-bond acceptors (Lipinski definition) is 2. The Hall–Kier alpha value is -1.02. The monoisotopic (exact) mass is 247 g/mol. The van der Waals surface area contributed by atoms with Crippen molar-refractivity contribution in [2.24, 2.45) is 5.41 Å². The van der Waals surface area contributed by atoms with E-state index in [0.29, 0.717) is 11.5 Å². The van der Waals surface area contributed by atoms with Crippen LogP contribution in [0.1, 0.15) is 50.6 Å². The Morgan fingerprint density at radius 2 is 2.06 bits per heavy atom. The standard InChI is InChI=1S/C16H25NO/c1-4-16(10-5-6-11-16)15(17-2)13-8-7-9-14(12-13)18-3/h7-9,12,15,17H,4-6,10-11H2,1-3H3. The molecule has 1 aromatic carbocycles. The highest BCUT2D eigenvalue weighted by Crippen LogP contribution is 2.50. The predicted octanol–water partition coefficient (Wildman–Crippen LogP) is 3.93. The number of hydrogen-bond donors (Lipinski definition) is 1. The molecule has 1 fully saturated rings. The topological polar surface area (TPSA) is 21.3 Å². The van der Waals surface area contributed by atoms with Crippen LogP contribution in [0, 0.1) is 5.41 Å². The van der Waals surface area contributed by atoms with E-state index >= 15 is 0 Å². The highest BCUT2D eigenvalue weighted by molar-refractivity contribution is 5.32. The van der Waals surface area contributed by atoms with Crippen LogP contribution in [-0.4, -0.2) is 14.2 Å². The number of rotatable bonds is 5. The lowest BCUT2D eigenvalue weighted by Gasteiger charge is -2.37. The van der Waals surface area contributed by atoms with Gasteiger partial charge in [-0.1, -0.05) is 31.9 Å². The van der Waals surface area contributed by atoms with Gasteiger partial charge in [0, 0.05) is 6.04 Å². The molecule has 1 aliphatic carbocycles. The van der Waals surface area contributed by atoms with Gasteiger partial charge in [-0.3, -0.25) is 0 Å². The molecule has 18 heavy (non-hydrogen) atoms. The van der Waals surface area contributed by atoms with E-state index in [2.05, 4.69) is 37.5 Å². The summed E-state index contributed by atoms with van der Waals surface area (Å²) in [6.07, 6.45) is 6.67. The van der Waals surface area contributed by atoms with Crippen LogP contribution >= 0.6 is 0 Å². The lowest BCUT2D eigenvalue weighted by molar-refractivity contribution is 0.195. The number of nitrogens with one attached hydrogen (secondary N) is 1. The summed E-state index contributed by atoms with van der Waals surface area (Å²) in [4.78, 5) is 0. The summed E-state index contributed by atoms with van der Waals surface area (Å²) >= 11 is 0. The molecule has 1 N–H and O–H groups in total. The van der Waals surface area contributed by atoms with Gasteiger partial charge in [0.25, 0.3) is 0 Å². The zero-order valence-corrected chi connectivity index (χ0v) is 11.8. The van der Waals surface area contributed by atoms with Crippen molar-refractivity contribution in [2.45, 2.75) is 45.1 Å². The Bertz CT molecular complexity index is 382. The Morgan fingerprint density at radius 3 is 2.61 bits per heavy atom. The first-order valence-corrected chi connectivity index (χ1v) is 7.07. The van der Waals surface area contributed by atoms with Gasteiger partial charge in [0.05, 0.1) is 7.11 Å². The largest absolute Gasteiger partial charge is 0.497 e. The van der Waals surface area contributed by atoms with Crippen LogP contribution in [0.3, 0.4) is 0 Å². The molecule has 1 aliphatic rings. The van der Waals surface area contributed by atoms with E-state index < -0.39 is 0 Å². The summed E-state index contributed by atoms with van der Waals surface area (Å²) in [5.41, 5.74) is 1.79. The van der Waals surface area contributed by atoms with E-state index in [1.807, 2.05) is 6.07 Å². The van der Waals surface area contributed by atoms with E-state index in [1.54, 1.807) is 7.11 Å². The molecule has 1 unspecified atom stereocenters. The van der Waals surface area contributed by atoms with E-state index in [0.717, 1.165) is 5.75 Å². The van der Waals surface area contributed by atoms with Crippen LogP contribution in [0.15, 0.2) is 24.3 Å². The second-order valence-corrected chi connectivity index (χ2v) is 5.42. The fourth-order valence-corrected chi connectivity index (χ4v) is 3.57. The van der Waals surface area contributed by atoms with Gasteiger partial charge in [-0.05, 0) is 49.4 Å². The summed E-state index contributed by atoms with van der Waals surface area (Å²) in [7, 11) is 3.82. The summed E-state index contributed by atoms with van der Waals surface area (Å²) in [6.45, 7) is 2.33. The van der Waals surface area contributed by atoms with E-state index in [4.69, 9.17) is 4.74 Å². The van der Waals surface area contributed by atoms with Gasteiger partial charge in [0.1, 0.15) is 5.75 Å². The fraction of sp³-hybridized carbons (Fsp3) is 0.625. The van der Waals surface area contributed by atoms with E-state index in [9.17, 15) is 0 Å².